The second-order valence-corrected chi connectivity index (χ2v) is 2.34. The molecule has 0 spiro atoms. The molecule has 0 radical (unpaired) electrons. The van der Waals surface area contributed by atoms with Gasteiger partial charge in [-0.1, -0.05) is 0 Å². The summed E-state index contributed by atoms with van der Waals surface area (Å²) in [6, 6.07) is 0. The van der Waals surface area contributed by atoms with Crippen molar-refractivity contribution in [2.24, 2.45) is 5.92 Å². The third-order valence-electron chi connectivity index (χ3n) is 1.46. The third kappa shape index (κ3) is 0.943. The van der Waals surface area contributed by atoms with E-state index >= 15 is 0 Å². The van der Waals surface area contributed by atoms with Gasteiger partial charge in [-0.15, -0.1) is 0 Å². The van der Waals surface area contributed by atoms with Crippen LogP contribution in [0.4, 0.5) is 0 Å². The molecule has 3 heteroatoms. The minimum Gasteiger partial charge on any atom is -0.434 e. The molecule has 1 aliphatic heterocycles. The van der Waals surface area contributed by atoms with Crippen molar-refractivity contribution in [1.82, 2.24) is 0 Å². The fourth-order valence-corrected chi connectivity index (χ4v) is 0.960. The Labute approximate surface area is 58.7 Å². The van der Waals surface area contributed by atoms with Gasteiger partial charge in [0.25, 0.3) is 0 Å². The van der Waals surface area contributed by atoms with Gasteiger partial charge in [-0.05, 0) is 19.4 Å². The molecule has 1 heterocycles. The van der Waals surface area contributed by atoms with Crippen LogP contribution in [0.5, 0.6) is 0 Å². The lowest BCUT2D eigenvalue weighted by atomic mass is 10.00. The predicted octanol–water partition coefficient (Wildman–Crippen LogP) is 0.652. The van der Waals surface area contributed by atoms with Crippen LogP contribution in [0.2, 0.25) is 0 Å². The van der Waals surface area contributed by atoms with E-state index in [0.717, 1.165) is 0 Å². The Morgan fingerprint density at radius 2 is 2.30 bits per heavy atom. The van der Waals surface area contributed by atoms with Crippen LogP contribution in [0, 0.1) is 5.92 Å². The molecule has 3 nitrogen and oxygen atoms in total. The first kappa shape index (κ1) is 6.99. The van der Waals surface area contributed by atoms with Crippen LogP contribution >= 0.6 is 0 Å². The van der Waals surface area contributed by atoms with E-state index in [9.17, 15) is 9.59 Å². The summed E-state index contributed by atoms with van der Waals surface area (Å²) in [4.78, 5) is 21.5. The Bertz CT molecular complexity index is 215. The van der Waals surface area contributed by atoms with Gasteiger partial charge in [0.15, 0.2) is 0 Å². The van der Waals surface area contributed by atoms with Crippen LogP contribution in [0.25, 0.3) is 0 Å². The molecule has 10 heavy (non-hydrogen) atoms. The van der Waals surface area contributed by atoms with Crippen molar-refractivity contribution in [3.63, 3.8) is 0 Å². The Morgan fingerprint density at radius 1 is 1.70 bits per heavy atom. The summed E-state index contributed by atoms with van der Waals surface area (Å²) in [5.74, 6) is -1.25. The second kappa shape index (κ2) is 2.25. The van der Waals surface area contributed by atoms with Crippen LogP contribution < -0.4 is 0 Å². The number of hydrogen-bond donors (Lipinski definition) is 0. The molecule has 1 rings (SSSR count). The zero-order valence-electron chi connectivity index (χ0n) is 5.88. The molecular weight excluding hydrogens is 132 g/mol. The SMILES string of the molecule is CC(=O)C1C(=O)OC=C1C. The molecule has 1 atom stereocenters. The number of rotatable bonds is 1. The summed E-state index contributed by atoms with van der Waals surface area (Å²) < 4.78 is 4.52. The fourth-order valence-electron chi connectivity index (χ4n) is 0.960. The molecule has 0 fully saturated rings. The summed E-state index contributed by atoms with van der Waals surface area (Å²) in [6.45, 7) is 3.09. The largest absolute Gasteiger partial charge is 0.434 e. The van der Waals surface area contributed by atoms with E-state index in [1.807, 2.05) is 0 Å². The maximum atomic E-state index is 10.7. The van der Waals surface area contributed by atoms with Gasteiger partial charge >= 0.3 is 5.97 Å². The van der Waals surface area contributed by atoms with Crippen LogP contribution in [0.15, 0.2) is 11.8 Å². The second-order valence-electron chi connectivity index (χ2n) is 2.34. The number of hydrogen-bond acceptors (Lipinski definition) is 3. The number of ketones is 1. The normalized spacial score (nSPS) is 24.0. The van der Waals surface area contributed by atoms with Gasteiger partial charge in [0.1, 0.15) is 11.7 Å². The summed E-state index contributed by atoms with van der Waals surface area (Å²) >= 11 is 0. The average molecular weight is 140 g/mol. The van der Waals surface area contributed by atoms with Gasteiger partial charge in [0.05, 0.1) is 6.26 Å². The quantitative estimate of drug-likeness (QED) is 0.396. The highest BCUT2D eigenvalue weighted by molar-refractivity contribution is 6.02. The zero-order chi connectivity index (χ0) is 7.72. The van der Waals surface area contributed by atoms with Gasteiger partial charge in [-0.2, -0.15) is 0 Å². The van der Waals surface area contributed by atoms with Gasteiger partial charge in [0.2, 0.25) is 0 Å². The Morgan fingerprint density at radius 3 is 2.50 bits per heavy atom. The van der Waals surface area contributed by atoms with E-state index in [4.69, 9.17) is 0 Å². The first-order chi connectivity index (χ1) is 4.63. The molecular formula is C7H8O3. The van der Waals surface area contributed by atoms with Crippen molar-refractivity contribution >= 4 is 11.8 Å². The molecule has 0 saturated heterocycles. The Kier molecular flexibility index (Phi) is 1.57. The Hall–Kier alpha value is -1.12. The number of ether oxygens (including phenoxy) is 1. The highest BCUT2D eigenvalue weighted by atomic mass is 16.5. The number of Topliss-reactive ketones (excluding diaryl/α,β-unsaturated/α-hetero) is 1. The van der Waals surface area contributed by atoms with E-state index in [0.29, 0.717) is 5.57 Å². The van der Waals surface area contributed by atoms with Crippen molar-refractivity contribution in [3.05, 3.63) is 11.8 Å². The Balaban J connectivity index is 2.84. The van der Waals surface area contributed by atoms with Gasteiger partial charge < -0.3 is 4.74 Å². The first-order valence-electron chi connectivity index (χ1n) is 3.00. The zero-order valence-corrected chi connectivity index (χ0v) is 5.88. The van der Waals surface area contributed by atoms with Crippen molar-refractivity contribution < 1.29 is 14.3 Å². The average Bonchev–Trinajstić information content (AvgIpc) is 2.11. The lowest BCUT2D eigenvalue weighted by Gasteiger charge is -2.00. The highest BCUT2D eigenvalue weighted by Gasteiger charge is 2.31. The van der Waals surface area contributed by atoms with E-state index in [1.54, 1.807) is 6.92 Å². The molecule has 1 aliphatic rings. The topological polar surface area (TPSA) is 43.4 Å². The summed E-state index contributed by atoms with van der Waals surface area (Å²) in [6.07, 6.45) is 1.33. The van der Waals surface area contributed by atoms with Crippen LogP contribution in [0.1, 0.15) is 13.8 Å². The van der Waals surface area contributed by atoms with Crippen LogP contribution in [0.3, 0.4) is 0 Å². The monoisotopic (exact) mass is 140 g/mol. The lowest BCUT2D eigenvalue weighted by Crippen LogP contribution is -2.18. The summed E-state index contributed by atoms with van der Waals surface area (Å²) in [5.41, 5.74) is 0.692. The molecule has 0 N–H and O–H groups in total. The molecule has 0 aromatic heterocycles. The van der Waals surface area contributed by atoms with Crippen molar-refractivity contribution in [1.29, 1.82) is 0 Å². The number of carbonyl (C=O) groups excluding carboxylic acids is 2. The van der Waals surface area contributed by atoms with E-state index in [1.165, 1.54) is 13.2 Å². The minimum atomic E-state index is -0.639. The lowest BCUT2D eigenvalue weighted by molar-refractivity contribution is -0.142. The fraction of sp³-hybridized carbons (Fsp3) is 0.429. The number of carbonyl (C=O) groups is 2. The first-order valence-corrected chi connectivity index (χ1v) is 3.00. The van der Waals surface area contributed by atoms with Crippen LogP contribution in [-0.2, 0) is 14.3 Å². The van der Waals surface area contributed by atoms with Crippen molar-refractivity contribution in [2.75, 3.05) is 0 Å². The molecule has 1 unspecified atom stereocenters. The summed E-state index contributed by atoms with van der Waals surface area (Å²) in [7, 11) is 0. The van der Waals surface area contributed by atoms with Gasteiger partial charge in [0, 0.05) is 0 Å². The highest BCUT2D eigenvalue weighted by Crippen LogP contribution is 2.19. The maximum absolute atomic E-state index is 10.7. The molecule has 0 aromatic carbocycles. The molecule has 0 aromatic rings. The van der Waals surface area contributed by atoms with E-state index < -0.39 is 11.9 Å². The number of cyclic esters (lactones) is 1. The van der Waals surface area contributed by atoms with Gasteiger partial charge in [-0.3, -0.25) is 9.59 Å². The minimum absolute atomic E-state index is 0.156. The number of esters is 1. The summed E-state index contributed by atoms with van der Waals surface area (Å²) in [5, 5.41) is 0. The molecule has 0 amide bonds. The van der Waals surface area contributed by atoms with E-state index in [-0.39, 0.29) is 5.78 Å². The van der Waals surface area contributed by atoms with Crippen molar-refractivity contribution in [2.45, 2.75) is 13.8 Å². The van der Waals surface area contributed by atoms with Gasteiger partial charge in [-0.25, -0.2) is 0 Å². The smallest absolute Gasteiger partial charge is 0.325 e. The molecule has 54 valence electrons. The maximum Gasteiger partial charge on any atom is 0.325 e. The van der Waals surface area contributed by atoms with Crippen LogP contribution in [-0.4, -0.2) is 11.8 Å². The van der Waals surface area contributed by atoms with E-state index in [2.05, 4.69) is 4.74 Å². The third-order valence-corrected chi connectivity index (χ3v) is 1.46. The molecule has 0 aliphatic carbocycles. The predicted molar refractivity (Wildman–Crippen MR) is 34.0 cm³/mol. The standard InChI is InChI=1S/C7H8O3/c1-4-3-10-7(9)6(4)5(2)8/h3,6H,1-2H3. The molecule has 0 saturated carbocycles. The molecule has 0 bridgehead atoms. The van der Waals surface area contributed by atoms with Crippen molar-refractivity contribution in [3.8, 4) is 0 Å².